The molecule has 1 saturated heterocycles. The van der Waals surface area contributed by atoms with Crippen LogP contribution in [0, 0.1) is 11.8 Å². The highest BCUT2D eigenvalue weighted by Crippen LogP contribution is 2.19. The number of imide groups is 1. The highest BCUT2D eigenvalue weighted by Gasteiger charge is 2.28. The first-order valence-corrected chi connectivity index (χ1v) is 6.68. The molecule has 0 saturated carbocycles. The van der Waals surface area contributed by atoms with E-state index in [1.54, 1.807) is 0 Å². The van der Waals surface area contributed by atoms with Gasteiger partial charge < -0.3 is 5.32 Å². The summed E-state index contributed by atoms with van der Waals surface area (Å²) in [5.41, 5.74) is 0. The van der Waals surface area contributed by atoms with Crippen molar-refractivity contribution < 1.29 is 14.4 Å². The van der Waals surface area contributed by atoms with Crippen LogP contribution in [0.25, 0.3) is 0 Å². The molecule has 5 heteroatoms. The molecule has 1 heterocycles. The van der Waals surface area contributed by atoms with E-state index in [0.717, 1.165) is 6.42 Å². The van der Waals surface area contributed by atoms with Crippen LogP contribution in [0.3, 0.4) is 0 Å². The second-order valence-electron chi connectivity index (χ2n) is 5.25. The normalized spacial score (nSPS) is 22.3. The Morgan fingerprint density at radius 2 is 2.16 bits per heavy atom. The van der Waals surface area contributed by atoms with E-state index >= 15 is 0 Å². The largest absolute Gasteiger partial charge is 0.344 e. The minimum absolute atomic E-state index is 0.141. The molecular weight excluding hydrogens is 244 g/mol. The lowest BCUT2D eigenvalue weighted by atomic mass is 9.90. The third kappa shape index (κ3) is 4.85. The minimum Gasteiger partial charge on any atom is -0.344 e. The molecular formula is C14H22N2O3. The molecule has 5 nitrogen and oxygen atoms in total. The van der Waals surface area contributed by atoms with Crippen molar-refractivity contribution in [3.8, 4) is 0 Å². The van der Waals surface area contributed by atoms with Crippen LogP contribution in [-0.2, 0) is 14.4 Å². The molecule has 0 radical (unpaired) electrons. The summed E-state index contributed by atoms with van der Waals surface area (Å²) in [6, 6.07) is -0.577. The summed E-state index contributed by atoms with van der Waals surface area (Å²) >= 11 is 0. The van der Waals surface area contributed by atoms with Crippen molar-refractivity contribution in [3.05, 3.63) is 12.7 Å². The van der Waals surface area contributed by atoms with Gasteiger partial charge in [-0.2, -0.15) is 0 Å². The van der Waals surface area contributed by atoms with Crippen LogP contribution in [0.15, 0.2) is 12.7 Å². The lowest BCUT2D eigenvalue weighted by Crippen LogP contribution is -2.52. The summed E-state index contributed by atoms with van der Waals surface area (Å²) in [6.07, 6.45) is 3.75. The van der Waals surface area contributed by atoms with Gasteiger partial charge in [0.05, 0.1) is 0 Å². The van der Waals surface area contributed by atoms with Crippen LogP contribution < -0.4 is 10.6 Å². The van der Waals surface area contributed by atoms with Crippen LogP contribution in [0.1, 0.15) is 39.5 Å². The van der Waals surface area contributed by atoms with Gasteiger partial charge in [-0.1, -0.05) is 19.9 Å². The third-order valence-corrected chi connectivity index (χ3v) is 3.59. The summed E-state index contributed by atoms with van der Waals surface area (Å²) in [5.74, 6) is -0.214. The Balaban J connectivity index is 2.40. The molecule has 1 aliphatic heterocycles. The Morgan fingerprint density at radius 3 is 2.74 bits per heavy atom. The Hall–Kier alpha value is -1.65. The van der Waals surface area contributed by atoms with Crippen LogP contribution in [0.4, 0.5) is 0 Å². The van der Waals surface area contributed by atoms with Crippen molar-refractivity contribution in [2.75, 3.05) is 0 Å². The molecule has 0 bridgehead atoms. The average molecular weight is 266 g/mol. The van der Waals surface area contributed by atoms with Gasteiger partial charge in [-0.05, 0) is 24.7 Å². The molecule has 3 atom stereocenters. The molecule has 19 heavy (non-hydrogen) atoms. The first-order valence-electron chi connectivity index (χ1n) is 6.68. The van der Waals surface area contributed by atoms with Crippen LogP contribution in [0.2, 0.25) is 0 Å². The monoisotopic (exact) mass is 266 g/mol. The molecule has 3 amide bonds. The molecule has 1 aliphatic rings. The van der Waals surface area contributed by atoms with Gasteiger partial charge in [0.2, 0.25) is 17.7 Å². The molecule has 0 aromatic heterocycles. The number of nitrogens with one attached hydrogen (secondary N) is 2. The van der Waals surface area contributed by atoms with Crippen molar-refractivity contribution in [3.63, 3.8) is 0 Å². The molecule has 1 fully saturated rings. The van der Waals surface area contributed by atoms with Gasteiger partial charge in [0.25, 0.3) is 0 Å². The Kier molecular flexibility index (Phi) is 5.73. The maximum Gasteiger partial charge on any atom is 0.249 e. The quantitative estimate of drug-likeness (QED) is 0.559. The number of carbonyl (C=O) groups excluding carboxylic acids is 3. The van der Waals surface area contributed by atoms with E-state index in [2.05, 4.69) is 24.1 Å². The lowest BCUT2D eigenvalue weighted by molar-refractivity contribution is -0.137. The zero-order chi connectivity index (χ0) is 14.4. The van der Waals surface area contributed by atoms with E-state index in [4.69, 9.17) is 0 Å². The topological polar surface area (TPSA) is 75.3 Å². The number of hydrogen-bond acceptors (Lipinski definition) is 3. The summed E-state index contributed by atoms with van der Waals surface area (Å²) < 4.78 is 0. The lowest BCUT2D eigenvalue weighted by Gasteiger charge is -2.23. The molecule has 0 aromatic rings. The average Bonchev–Trinajstić information content (AvgIpc) is 2.33. The third-order valence-electron chi connectivity index (χ3n) is 3.59. The minimum atomic E-state index is -0.577. The molecule has 106 valence electrons. The van der Waals surface area contributed by atoms with Gasteiger partial charge >= 0.3 is 0 Å². The highest BCUT2D eigenvalue weighted by atomic mass is 16.2. The van der Waals surface area contributed by atoms with Gasteiger partial charge in [-0.25, -0.2) is 0 Å². The fourth-order valence-corrected chi connectivity index (χ4v) is 2.07. The predicted octanol–water partition coefficient (Wildman–Crippen LogP) is 1.15. The summed E-state index contributed by atoms with van der Waals surface area (Å²) in [6.45, 7) is 7.77. The van der Waals surface area contributed by atoms with Crippen molar-refractivity contribution >= 4 is 17.7 Å². The first kappa shape index (κ1) is 15.4. The van der Waals surface area contributed by atoms with E-state index in [0.29, 0.717) is 18.8 Å². The smallest absolute Gasteiger partial charge is 0.249 e. The van der Waals surface area contributed by atoms with Gasteiger partial charge in [-0.15, -0.1) is 6.58 Å². The molecule has 0 aromatic carbocycles. The Bertz CT molecular complexity index is 379. The fraction of sp³-hybridized carbons (Fsp3) is 0.643. The number of carbonyl (C=O) groups is 3. The number of piperidine rings is 1. The SMILES string of the molecule is C=CCC(C)C(C)CC(=O)N[C@H]1CCC(=O)NC1=O. The van der Waals surface area contributed by atoms with E-state index in [9.17, 15) is 14.4 Å². The highest BCUT2D eigenvalue weighted by molar-refractivity contribution is 6.01. The van der Waals surface area contributed by atoms with Crippen LogP contribution in [0.5, 0.6) is 0 Å². The number of allylic oxidation sites excluding steroid dienone is 1. The van der Waals surface area contributed by atoms with Gasteiger partial charge in [0.15, 0.2) is 0 Å². The molecule has 2 unspecified atom stereocenters. The second kappa shape index (κ2) is 7.07. The van der Waals surface area contributed by atoms with Crippen molar-refractivity contribution in [2.45, 2.75) is 45.6 Å². The van der Waals surface area contributed by atoms with Crippen molar-refractivity contribution in [2.24, 2.45) is 11.8 Å². The number of hydrogen-bond donors (Lipinski definition) is 2. The zero-order valence-electron chi connectivity index (χ0n) is 11.6. The first-order chi connectivity index (χ1) is 8.93. The number of amides is 3. The maximum absolute atomic E-state index is 11.9. The van der Waals surface area contributed by atoms with E-state index in [1.165, 1.54) is 0 Å². The van der Waals surface area contributed by atoms with Crippen LogP contribution >= 0.6 is 0 Å². The zero-order valence-corrected chi connectivity index (χ0v) is 11.6. The Morgan fingerprint density at radius 1 is 1.47 bits per heavy atom. The van der Waals surface area contributed by atoms with Crippen molar-refractivity contribution in [1.82, 2.24) is 10.6 Å². The van der Waals surface area contributed by atoms with Crippen LogP contribution in [-0.4, -0.2) is 23.8 Å². The standard InChI is InChI=1S/C14H22N2O3/c1-4-5-9(2)10(3)8-13(18)15-11-6-7-12(17)16-14(11)19/h4,9-11H,1,5-8H2,2-3H3,(H,15,18)(H,16,17,19)/t9?,10?,11-/m0/s1. The second-order valence-corrected chi connectivity index (χ2v) is 5.25. The predicted molar refractivity (Wildman–Crippen MR) is 72.1 cm³/mol. The Labute approximate surface area is 113 Å². The molecule has 1 rings (SSSR count). The van der Waals surface area contributed by atoms with Gasteiger partial charge in [-0.3, -0.25) is 19.7 Å². The van der Waals surface area contributed by atoms with Crippen molar-refractivity contribution in [1.29, 1.82) is 0 Å². The maximum atomic E-state index is 11.9. The summed E-state index contributed by atoms with van der Waals surface area (Å²) in [5, 5.41) is 4.91. The molecule has 0 aliphatic carbocycles. The number of rotatable bonds is 6. The van der Waals surface area contributed by atoms with E-state index in [1.807, 2.05) is 13.0 Å². The fourth-order valence-electron chi connectivity index (χ4n) is 2.07. The van der Waals surface area contributed by atoms with E-state index in [-0.39, 0.29) is 24.2 Å². The van der Waals surface area contributed by atoms with E-state index < -0.39 is 11.9 Å². The summed E-state index contributed by atoms with van der Waals surface area (Å²) in [4.78, 5) is 34.3. The molecule has 0 spiro atoms. The van der Waals surface area contributed by atoms with Gasteiger partial charge in [0, 0.05) is 12.8 Å². The van der Waals surface area contributed by atoms with Gasteiger partial charge in [0.1, 0.15) is 6.04 Å². The summed E-state index contributed by atoms with van der Waals surface area (Å²) in [7, 11) is 0. The molecule has 2 N–H and O–H groups in total.